The maximum absolute atomic E-state index is 10.3. The Balaban J connectivity index is 0.000000678. The molecule has 10 heteroatoms. The van der Waals surface area contributed by atoms with Crippen LogP contribution in [0.5, 0.6) is 11.5 Å². The molecule has 2 unspecified atom stereocenters. The molecular weight excluding hydrogens is 468 g/mol. The topological polar surface area (TPSA) is 138 Å². The molecule has 1 heterocycles. The van der Waals surface area contributed by atoms with Crippen molar-refractivity contribution >= 4 is 11.9 Å². The van der Waals surface area contributed by atoms with Gasteiger partial charge in [0.1, 0.15) is 11.5 Å². The average Bonchev–Trinajstić information content (AvgIpc) is 3.42. The minimum Gasteiger partial charge on any atom is -0.497 e. The van der Waals surface area contributed by atoms with Crippen LogP contribution in [0.1, 0.15) is 30.0 Å². The number of nitrogens with one attached hydrogen (secondary N) is 1. The SMILES string of the molecule is COc1ccc(C(CNCC(O)COCc2cccc(OC)c2)N2CCCC2)cc1.O=C(O)C(=O)O. The van der Waals surface area contributed by atoms with Gasteiger partial charge in [0, 0.05) is 19.1 Å². The molecule has 0 saturated carbocycles. The molecule has 0 bridgehead atoms. The van der Waals surface area contributed by atoms with Crippen molar-refractivity contribution in [2.24, 2.45) is 0 Å². The van der Waals surface area contributed by atoms with Gasteiger partial charge >= 0.3 is 11.9 Å². The number of benzene rings is 2. The van der Waals surface area contributed by atoms with E-state index in [4.69, 9.17) is 34.0 Å². The summed E-state index contributed by atoms with van der Waals surface area (Å²) in [6.45, 7) is 4.27. The highest BCUT2D eigenvalue weighted by atomic mass is 16.5. The minimum atomic E-state index is -1.82. The number of aliphatic hydroxyl groups is 1. The van der Waals surface area contributed by atoms with Crippen molar-refractivity contribution < 1.29 is 39.1 Å². The lowest BCUT2D eigenvalue weighted by atomic mass is 10.1. The van der Waals surface area contributed by atoms with Gasteiger partial charge in [-0.05, 0) is 61.3 Å². The Labute approximate surface area is 211 Å². The number of aliphatic carboxylic acids is 2. The number of aliphatic hydroxyl groups excluding tert-OH is 1. The van der Waals surface area contributed by atoms with Gasteiger partial charge in [0.05, 0.1) is 33.5 Å². The molecule has 3 rings (SSSR count). The first kappa shape index (κ1) is 29.1. The Hall–Kier alpha value is -3.18. The van der Waals surface area contributed by atoms with E-state index in [1.54, 1.807) is 14.2 Å². The van der Waals surface area contributed by atoms with Crippen molar-refractivity contribution in [2.75, 3.05) is 47.0 Å². The standard InChI is InChI=1S/C24H34N2O4.C2H2O4/c1-28-22-10-8-20(9-11-22)24(26-12-3-4-13-26)16-25-15-21(27)18-30-17-19-6-5-7-23(14-19)29-2;3-1(4)2(5)6/h5-11,14,21,24-25,27H,3-4,12-13,15-18H2,1-2H3;(H,3,4)(H,5,6). The largest absolute Gasteiger partial charge is 0.497 e. The van der Waals surface area contributed by atoms with Crippen molar-refractivity contribution in [2.45, 2.75) is 31.6 Å². The van der Waals surface area contributed by atoms with Gasteiger partial charge in [-0.1, -0.05) is 24.3 Å². The molecule has 0 amide bonds. The zero-order chi connectivity index (χ0) is 26.3. The number of carbonyl (C=O) groups is 2. The fraction of sp³-hybridized carbons (Fsp3) is 0.462. The molecule has 2 atom stereocenters. The predicted molar refractivity (Wildman–Crippen MR) is 133 cm³/mol. The fourth-order valence-corrected chi connectivity index (χ4v) is 3.86. The quantitative estimate of drug-likeness (QED) is 0.318. The fourth-order valence-electron chi connectivity index (χ4n) is 3.86. The van der Waals surface area contributed by atoms with Gasteiger partial charge in [0.2, 0.25) is 0 Å². The van der Waals surface area contributed by atoms with Crippen LogP contribution in [0, 0.1) is 0 Å². The normalized spacial score (nSPS) is 14.9. The van der Waals surface area contributed by atoms with Crippen molar-refractivity contribution in [1.82, 2.24) is 10.2 Å². The van der Waals surface area contributed by atoms with Crippen LogP contribution in [-0.2, 0) is 20.9 Å². The number of rotatable bonds is 12. The van der Waals surface area contributed by atoms with Gasteiger partial charge in [-0.3, -0.25) is 4.90 Å². The molecule has 2 aromatic rings. The number of carboxylic acid groups (broad SMARTS) is 2. The van der Waals surface area contributed by atoms with Crippen LogP contribution in [0.3, 0.4) is 0 Å². The molecule has 0 aliphatic carbocycles. The number of carboxylic acids is 2. The number of hydrogen-bond donors (Lipinski definition) is 4. The summed E-state index contributed by atoms with van der Waals surface area (Å²) >= 11 is 0. The summed E-state index contributed by atoms with van der Waals surface area (Å²) in [6, 6.07) is 16.4. The maximum Gasteiger partial charge on any atom is 0.414 e. The van der Waals surface area contributed by atoms with Crippen molar-refractivity contribution in [3.05, 3.63) is 59.7 Å². The van der Waals surface area contributed by atoms with E-state index in [0.29, 0.717) is 25.8 Å². The summed E-state index contributed by atoms with van der Waals surface area (Å²) in [5, 5.41) is 28.5. The van der Waals surface area contributed by atoms with Crippen LogP contribution in [0.25, 0.3) is 0 Å². The lowest BCUT2D eigenvalue weighted by Crippen LogP contribution is -2.38. The van der Waals surface area contributed by atoms with E-state index in [1.807, 2.05) is 36.4 Å². The summed E-state index contributed by atoms with van der Waals surface area (Å²) in [4.78, 5) is 20.7. The van der Waals surface area contributed by atoms with Crippen molar-refractivity contribution in [1.29, 1.82) is 0 Å². The third-order valence-corrected chi connectivity index (χ3v) is 5.70. The van der Waals surface area contributed by atoms with Crippen LogP contribution in [0.4, 0.5) is 0 Å². The van der Waals surface area contributed by atoms with E-state index in [0.717, 1.165) is 36.7 Å². The smallest absolute Gasteiger partial charge is 0.414 e. The second kappa shape index (κ2) is 15.7. The molecule has 36 heavy (non-hydrogen) atoms. The summed E-state index contributed by atoms with van der Waals surface area (Å²) in [5.74, 6) is -1.97. The summed E-state index contributed by atoms with van der Waals surface area (Å²) in [6.07, 6.45) is 1.94. The number of methoxy groups -OCH3 is 2. The van der Waals surface area contributed by atoms with Gasteiger partial charge in [0.15, 0.2) is 0 Å². The number of hydrogen-bond acceptors (Lipinski definition) is 8. The highest BCUT2D eigenvalue weighted by molar-refractivity contribution is 6.27. The minimum absolute atomic E-state index is 0.293. The monoisotopic (exact) mass is 504 g/mol. The molecule has 1 saturated heterocycles. The third-order valence-electron chi connectivity index (χ3n) is 5.70. The second-order valence-corrected chi connectivity index (χ2v) is 8.32. The maximum atomic E-state index is 10.3. The van der Waals surface area contributed by atoms with Crippen LogP contribution in [-0.4, -0.2) is 85.3 Å². The van der Waals surface area contributed by atoms with E-state index >= 15 is 0 Å². The van der Waals surface area contributed by atoms with Crippen LogP contribution >= 0.6 is 0 Å². The Kier molecular flexibility index (Phi) is 12.7. The summed E-state index contributed by atoms with van der Waals surface area (Å²) in [5.41, 5.74) is 2.30. The van der Waals surface area contributed by atoms with Gasteiger partial charge < -0.3 is 34.8 Å². The first-order valence-electron chi connectivity index (χ1n) is 11.8. The van der Waals surface area contributed by atoms with Crippen LogP contribution in [0.2, 0.25) is 0 Å². The second-order valence-electron chi connectivity index (χ2n) is 8.32. The van der Waals surface area contributed by atoms with Crippen LogP contribution in [0.15, 0.2) is 48.5 Å². The van der Waals surface area contributed by atoms with E-state index in [1.165, 1.54) is 18.4 Å². The number of ether oxygens (including phenoxy) is 3. The van der Waals surface area contributed by atoms with E-state index < -0.39 is 18.0 Å². The first-order valence-corrected chi connectivity index (χ1v) is 11.8. The molecule has 4 N–H and O–H groups in total. The molecule has 1 aliphatic heterocycles. The van der Waals surface area contributed by atoms with E-state index in [2.05, 4.69) is 22.3 Å². The summed E-state index contributed by atoms with van der Waals surface area (Å²) < 4.78 is 16.2. The van der Waals surface area contributed by atoms with Crippen LogP contribution < -0.4 is 14.8 Å². The molecule has 0 radical (unpaired) electrons. The number of likely N-dealkylation sites (tertiary alicyclic amines) is 1. The Bertz CT molecular complexity index is 920. The molecule has 1 aliphatic rings. The summed E-state index contributed by atoms with van der Waals surface area (Å²) in [7, 11) is 3.34. The van der Waals surface area contributed by atoms with Crippen molar-refractivity contribution in [3.63, 3.8) is 0 Å². The Morgan fingerprint density at radius 1 is 0.944 bits per heavy atom. The molecular formula is C26H36N2O8. The molecule has 10 nitrogen and oxygen atoms in total. The molecule has 0 spiro atoms. The molecule has 198 valence electrons. The van der Waals surface area contributed by atoms with Gasteiger partial charge in [-0.25, -0.2) is 9.59 Å². The zero-order valence-corrected chi connectivity index (χ0v) is 20.8. The third kappa shape index (κ3) is 10.2. The van der Waals surface area contributed by atoms with Gasteiger partial charge in [-0.15, -0.1) is 0 Å². The van der Waals surface area contributed by atoms with Gasteiger partial charge in [-0.2, -0.15) is 0 Å². The van der Waals surface area contributed by atoms with Gasteiger partial charge in [0.25, 0.3) is 0 Å². The first-order chi connectivity index (χ1) is 17.3. The Morgan fingerprint density at radius 3 is 2.17 bits per heavy atom. The number of nitrogens with zero attached hydrogens (tertiary/aromatic N) is 1. The lowest BCUT2D eigenvalue weighted by Gasteiger charge is -2.29. The van der Waals surface area contributed by atoms with E-state index in [-0.39, 0.29) is 0 Å². The molecule has 0 aromatic heterocycles. The van der Waals surface area contributed by atoms with E-state index in [9.17, 15) is 5.11 Å². The van der Waals surface area contributed by atoms with Crippen molar-refractivity contribution in [3.8, 4) is 11.5 Å². The highest BCUT2D eigenvalue weighted by Gasteiger charge is 2.23. The average molecular weight is 505 g/mol. The molecule has 1 fully saturated rings. The Morgan fingerprint density at radius 2 is 1.58 bits per heavy atom. The zero-order valence-electron chi connectivity index (χ0n) is 20.8. The predicted octanol–water partition coefficient (Wildman–Crippen LogP) is 2.16. The lowest BCUT2D eigenvalue weighted by molar-refractivity contribution is -0.159. The highest BCUT2D eigenvalue weighted by Crippen LogP contribution is 2.26. The molecule has 2 aromatic carbocycles.